The number of rotatable bonds is 6. The Balaban J connectivity index is 1.83. The standard InChI is InChI=1S/C24H26N2O6S/c1-5-30-18-8-6-7-16(22(18)28-3)21-20(23(27)29-4)14(2)26(24(33)25-21)15-9-10-17-19(13-15)32-12-11-31-17/h6-10,13,21H,5,11-12H2,1-4H3,(H,25,33)/t21-/m0/s1. The number of esters is 1. The lowest BCUT2D eigenvalue weighted by Gasteiger charge is -2.38. The van der Waals surface area contributed by atoms with E-state index in [1.807, 2.05) is 50.2 Å². The fourth-order valence-corrected chi connectivity index (χ4v) is 4.44. The van der Waals surface area contributed by atoms with Gasteiger partial charge >= 0.3 is 5.97 Å². The minimum absolute atomic E-state index is 0.410. The average molecular weight is 471 g/mol. The fourth-order valence-electron chi connectivity index (χ4n) is 4.08. The molecule has 0 fully saturated rings. The van der Waals surface area contributed by atoms with Gasteiger partial charge in [0.15, 0.2) is 28.1 Å². The van der Waals surface area contributed by atoms with Gasteiger partial charge in [0.1, 0.15) is 13.2 Å². The highest BCUT2D eigenvalue weighted by Gasteiger charge is 2.37. The first-order valence-electron chi connectivity index (χ1n) is 10.6. The molecule has 8 nitrogen and oxygen atoms in total. The summed E-state index contributed by atoms with van der Waals surface area (Å²) in [5.41, 5.74) is 2.50. The third-order valence-corrected chi connectivity index (χ3v) is 5.80. The van der Waals surface area contributed by atoms with Crippen molar-refractivity contribution < 1.29 is 28.5 Å². The van der Waals surface area contributed by atoms with Gasteiger partial charge in [0.2, 0.25) is 0 Å². The maximum atomic E-state index is 13.0. The molecule has 2 aromatic rings. The lowest BCUT2D eigenvalue weighted by atomic mass is 9.93. The van der Waals surface area contributed by atoms with Crippen molar-refractivity contribution in [3.63, 3.8) is 0 Å². The van der Waals surface area contributed by atoms with E-state index in [0.717, 1.165) is 5.69 Å². The number of carbonyl (C=O) groups excluding carboxylic acids is 1. The second-order valence-electron chi connectivity index (χ2n) is 7.35. The first-order valence-corrected chi connectivity index (χ1v) is 11.0. The number of ether oxygens (including phenoxy) is 5. The number of anilines is 1. The average Bonchev–Trinajstić information content (AvgIpc) is 2.83. The van der Waals surface area contributed by atoms with Crippen molar-refractivity contribution in [2.75, 3.05) is 38.9 Å². The van der Waals surface area contributed by atoms with Gasteiger partial charge in [-0.15, -0.1) is 0 Å². The normalized spacial score (nSPS) is 17.4. The minimum Gasteiger partial charge on any atom is -0.492 e. The van der Waals surface area contributed by atoms with Crippen molar-refractivity contribution in [3.8, 4) is 23.0 Å². The summed E-state index contributed by atoms with van der Waals surface area (Å²) in [7, 11) is 2.92. The smallest absolute Gasteiger partial charge is 0.337 e. The number of hydrogen-bond acceptors (Lipinski definition) is 7. The Morgan fingerprint density at radius 3 is 2.64 bits per heavy atom. The zero-order valence-corrected chi connectivity index (χ0v) is 19.8. The molecule has 2 aliphatic heterocycles. The van der Waals surface area contributed by atoms with Gasteiger partial charge in [0, 0.05) is 17.3 Å². The molecule has 0 aromatic heterocycles. The van der Waals surface area contributed by atoms with Crippen LogP contribution in [0.4, 0.5) is 5.69 Å². The van der Waals surface area contributed by atoms with E-state index in [0.29, 0.717) is 64.8 Å². The zero-order valence-electron chi connectivity index (χ0n) is 19.0. The molecule has 0 aliphatic carbocycles. The van der Waals surface area contributed by atoms with Gasteiger partial charge in [-0.25, -0.2) is 4.79 Å². The molecule has 0 radical (unpaired) electrons. The van der Waals surface area contributed by atoms with Crippen LogP contribution in [0.5, 0.6) is 23.0 Å². The second kappa shape index (κ2) is 9.58. The molecule has 2 heterocycles. The number of methoxy groups -OCH3 is 2. The lowest BCUT2D eigenvalue weighted by molar-refractivity contribution is -0.136. The van der Waals surface area contributed by atoms with E-state index in [2.05, 4.69) is 5.32 Å². The predicted molar refractivity (Wildman–Crippen MR) is 127 cm³/mol. The monoisotopic (exact) mass is 470 g/mol. The van der Waals surface area contributed by atoms with Crippen molar-refractivity contribution >= 4 is 29.0 Å². The van der Waals surface area contributed by atoms with Gasteiger partial charge in [-0.1, -0.05) is 12.1 Å². The Morgan fingerprint density at radius 2 is 1.94 bits per heavy atom. The first kappa shape index (κ1) is 22.7. The van der Waals surface area contributed by atoms with Crippen LogP contribution in [0.25, 0.3) is 0 Å². The summed E-state index contributed by atoms with van der Waals surface area (Å²) in [6.45, 7) is 5.19. The highest BCUT2D eigenvalue weighted by molar-refractivity contribution is 7.80. The molecule has 1 N–H and O–H groups in total. The number of carbonyl (C=O) groups is 1. The molecule has 0 bridgehead atoms. The quantitative estimate of drug-likeness (QED) is 0.502. The molecule has 1 atom stereocenters. The van der Waals surface area contributed by atoms with E-state index in [9.17, 15) is 4.79 Å². The van der Waals surface area contributed by atoms with E-state index < -0.39 is 12.0 Å². The zero-order chi connectivity index (χ0) is 23.5. The summed E-state index contributed by atoms with van der Waals surface area (Å²) >= 11 is 5.74. The molecule has 9 heteroatoms. The number of thiocarbonyl (C=S) groups is 1. The van der Waals surface area contributed by atoms with E-state index in [1.54, 1.807) is 12.0 Å². The van der Waals surface area contributed by atoms with E-state index in [4.69, 9.17) is 35.9 Å². The van der Waals surface area contributed by atoms with E-state index in [-0.39, 0.29) is 0 Å². The van der Waals surface area contributed by atoms with Gasteiger partial charge in [0.25, 0.3) is 0 Å². The van der Waals surface area contributed by atoms with Crippen LogP contribution in [-0.2, 0) is 9.53 Å². The van der Waals surface area contributed by atoms with Crippen LogP contribution in [0.1, 0.15) is 25.5 Å². The van der Waals surface area contributed by atoms with Crippen LogP contribution < -0.4 is 29.2 Å². The van der Waals surface area contributed by atoms with Crippen molar-refractivity contribution in [1.29, 1.82) is 0 Å². The van der Waals surface area contributed by atoms with E-state index >= 15 is 0 Å². The molecule has 0 saturated carbocycles. The Kier molecular flexibility index (Phi) is 6.60. The van der Waals surface area contributed by atoms with Crippen LogP contribution >= 0.6 is 12.2 Å². The highest BCUT2D eigenvalue weighted by atomic mass is 32.1. The summed E-state index contributed by atoms with van der Waals surface area (Å²) in [5.74, 6) is 1.94. The Bertz CT molecular complexity index is 1120. The number of hydrogen-bond donors (Lipinski definition) is 1. The molecule has 4 rings (SSSR count). The number of fused-ring (bicyclic) bond motifs is 1. The number of para-hydroxylation sites is 1. The molecule has 33 heavy (non-hydrogen) atoms. The largest absolute Gasteiger partial charge is 0.492 e. The summed E-state index contributed by atoms with van der Waals surface area (Å²) in [5, 5.41) is 3.71. The van der Waals surface area contributed by atoms with Crippen molar-refractivity contribution in [1.82, 2.24) is 5.32 Å². The molecule has 2 aliphatic rings. The highest BCUT2D eigenvalue weighted by Crippen LogP contribution is 2.42. The topological polar surface area (TPSA) is 78.5 Å². The van der Waals surface area contributed by atoms with Crippen LogP contribution in [0.3, 0.4) is 0 Å². The predicted octanol–water partition coefficient (Wildman–Crippen LogP) is 3.75. The number of benzene rings is 2. The maximum absolute atomic E-state index is 13.0. The maximum Gasteiger partial charge on any atom is 0.337 e. The summed E-state index contributed by atoms with van der Waals surface area (Å²) in [6, 6.07) is 10.5. The van der Waals surface area contributed by atoms with Crippen molar-refractivity contribution in [2.45, 2.75) is 19.9 Å². The fraction of sp³-hybridized carbons (Fsp3) is 0.333. The van der Waals surface area contributed by atoms with Crippen molar-refractivity contribution in [3.05, 3.63) is 53.2 Å². The number of nitrogens with one attached hydrogen (secondary N) is 1. The minimum atomic E-state index is -0.589. The molecule has 0 amide bonds. The molecule has 2 aromatic carbocycles. The van der Waals surface area contributed by atoms with Crippen LogP contribution in [0, 0.1) is 0 Å². The van der Waals surface area contributed by atoms with Gasteiger partial charge < -0.3 is 29.0 Å². The molecule has 174 valence electrons. The Labute approximate surface area is 198 Å². The molecule has 0 unspecified atom stereocenters. The molecular formula is C24H26N2O6S. The third-order valence-electron chi connectivity index (χ3n) is 5.50. The number of allylic oxidation sites excluding steroid dienone is 1. The van der Waals surface area contributed by atoms with Crippen LogP contribution in [-0.4, -0.2) is 45.1 Å². The SMILES string of the molecule is CCOc1cccc([C@@H]2NC(=S)N(c3ccc4c(c3)OCCO4)C(C)=C2C(=O)OC)c1OC. The van der Waals surface area contributed by atoms with Gasteiger partial charge in [-0.3, -0.25) is 4.90 Å². The molecule has 0 saturated heterocycles. The Hall–Kier alpha value is -3.46. The number of nitrogens with zero attached hydrogens (tertiary/aromatic N) is 1. The molecule has 0 spiro atoms. The van der Waals surface area contributed by atoms with Gasteiger partial charge in [0.05, 0.1) is 38.1 Å². The third kappa shape index (κ3) is 4.16. The van der Waals surface area contributed by atoms with Crippen LogP contribution in [0.15, 0.2) is 47.7 Å². The summed E-state index contributed by atoms with van der Waals surface area (Å²) in [6.07, 6.45) is 0. The lowest BCUT2D eigenvalue weighted by Crippen LogP contribution is -2.48. The summed E-state index contributed by atoms with van der Waals surface area (Å²) in [4.78, 5) is 14.8. The van der Waals surface area contributed by atoms with Gasteiger partial charge in [-0.2, -0.15) is 0 Å². The van der Waals surface area contributed by atoms with Gasteiger partial charge in [-0.05, 0) is 44.3 Å². The Morgan fingerprint density at radius 1 is 1.18 bits per heavy atom. The molecular weight excluding hydrogens is 444 g/mol. The van der Waals surface area contributed by atoms with E-state index in [1.165, 1.54) is 7.11 Å². The second-order valence-corrected chi connectivity index (χ2v) is 7.73. The van der Waals surface area contributed by atoms with Crippen LogP contribution in [0.2, 0.25) is 0 Å². The first-order chi connectivity index (χ1) is 16.0. The summed E-state index contributed by atoms with van der Waals surface area (Å²) < 4.78 is 27.9. The van der Waals surface area contributed by atoms with Crippen molar-refractivity contribution in [2.24, 2.45) is 0 Å².